The Morgan fingerprint density at radius 3 is 2.59 bits per heavy atom. The molecule has 0 unspecified atom stereocenters. The van der Waals surface area contributed by atoms with E-state index >= 15 is 0 Å². The van der Waals surface area contributed by atoms with Gasteiger partial charge in [-0.05, 0) is 42.8 Å². The number of pyridine rings is 1. The number of nitrogens with one attached hydrogen (secondary N) is 2. The van der Waals surface area contributed by atoms with Crippen LogP contribution >= 0.6 is 22.9 Å². The predicted octanol–water partition coefficient (Wildman–Crippen LogP) is 3.43. The highest BCUT2D eigenvalue weighted by Crippen LogP contribution is 2.23. The van der Waals surface area contributed by atoms with Gasteiger partial charge in [0.15, 0.2) is 0 Å². The number of piperidine rings is 1. The highest BCUT2D eigenvalue weighted by Gasteiger charge is 2.26. The Labute approximate surface area is 236 Å². The van der Waals surface area contributed by atoms with Crippen LogP contribution in [0.25, 0.3) is 6.08 Å². The minimum Gasteiger partial charge on any atom is -0.467 e. The van der Waals surface area contributed by atoms with E-state index in [4.69, 9.17) is 16.3 Å². The lowest BCUT2D eigenvalue weighted by Crippen LogP contribution is -2.51. The van der Waals surface area contributed by atoms with Gasteiger partial charge in [-0.3, -0.25) is 19.4 Å². The number of ether oxygens (including phenoxy) is 1. The van der Waals surface area contributed by atoms with Crippen LogP contribution < -0.4 is 15.4 Å². The number of halogens is 1. The fourth-order valence-electron chi connectivity index (χ4n) is 4.05. The van der Waals surface area contributed by atoms with Crippen molar-refractivity contribution in [3.05, 3.63) is 82.1 Å². The first-order valence-corrected chi connectivity index (χ1v) is 13.8. The number of likely N-dealkylation sites (tertiary alicyclic amines) is 1. The van der Waals surface area contributed by atoms with Crippen LogP contribution in [0, 0.1) is 6.92 Å². The Balaban J connectivity index is 1.29. The Morgan fingerprint density at radius 2 is 1.92 bits per heavy atom. The summed E-state index contributed by atoms with van der Waals surface area (Å²) < 4.78 is 5.92. The van der Waals surface area contributed by atoms with Crippen molar-refractivity contribution in [1.29, 1.82) is 0 Å². The number of aryl methyl sites for hydroxylation is 1. The van der Waals surface area contributed by atoms with Crippen molar-refractivity contribution in [2.75, 3.05) is 19.6 Å². The first kappa shape index (κ1) is 28.3. The summed E-state index contributed by atoms with van der Waals surface area (Å²) in [5, 5.41) is 6.66. The molecule has 1 atom stereocenters. The molecule has 3 heterocycles. The van der Waals surface area contributed by atoms with Crippen LogP contribution in [0.2, 0.25) is 5.02 Å². The number of thiazole rings is 1. The Hall–Kier alpha value is -3.76. The summed E-state index contributed by atoms with van der Waals surface area (Å²) in [6.45, 7) is 2.89. The molecule has 39 heavy (non-hydrogen) atoms. The van der Waals surface area contributed by atoms with Crippen molar-refractivity contribution in [2.24, 2.45) is 0 Å². The summed E-state index contributed by atoms with van der Waals surface area (Å²) in [6, 6.07) is 11.5. The highest BCUT2D eigenvalue weighted by atomic mass is 35.5. The van der Waals surface area contributed by atoms with Gasteiger partial charge in [-0.15, -0.1) is 0 Å². The van der Waals surface area contributed by atoms with Crippen LogP contribution in [0.4, 0.5) is 0 Å². The maximum atomic E-state index is 13.1. The summed E-state index contributed by atoms with van der Waals surface area (Å²) in [6.07, 6.45) is 7.96. The number of hydrogen-bond donors (Lipinski definition) is 2. The number of hydrogen-bond acceptors (Lipinski definition) is 7. The normalized spacial score (nSPS) is 14.7. The van der Waals surface area contributed by atoms with Gasteiger partial charge in [-0.25, -0.2) is 4.98 Å². The van der Waals surface area contributed by atoms with E-state index in [0.29, 0.717) is 41.8 Å². The topological polar surface area (TPSA) is 114 Å². The molecule has 204 valence electrons. The van der Waals surface area contributed by atoms with Gasteiger partial charge in [-0.2, -0.15) is 0 Å². The van der Waals surface area contributed by atoms with Crippen molar-refractivity contribution in [3.63, 3.8) is 0 Å². The van der Waals surface area contributed by atoms with Gasteiger partial charge < -0.3 is 20.3 Å². The minimum atomic E-state index is -0.907. The fraction of sp³-hybridized carbons (Fsp3) is 0.321. The second kappa shape index (κ2) is 13.9. The molecule has 0 spiro atoms. The van der Waals surface area contributed by atoms with E-state index in [1.165, 1.54) is 17.4 Å². The SMILES string of the molecule is Cc1cnc(OC2CCN(C(=O)CNC(=O)[C@H](Cc3ccccn3)NC(=O)/C=C/c3ccc(Cl)cc3)CC2)s1. The number of benzene rings is 1. The van der Waals surface area contributed by atoms with Crippen molar-refractivity contribution in [2.45, 2.75) is 38.3 Å². The Kier molecular flexibility index (Phi) is 10.0. The van der Waals surface area contributed by atoms with E-state index in [9.17, 15) is 14.4 Å². The molecule has 3 aromatic rings. The molecule has 4 rings (SSSR count). The zero-order chi connectivity index (χ0) is 27.6. The van der Waals surface area contributed by atoms with Gasteiger partial charge in [-0.1, -0.05) is 41.1 Å². The summed E-state index contributed by atoms with van der Waals surface area (Å²) in [4.78, 5) is 49.8. The van der Waals surface area contributed by atoms with E-state index in [1.807, 2.05) is 13.0 Å². The van der Waals surface area contributed by atoms with Gasteiger partial charge in [0.2, 0.25) is 17.7 Å². The van der Waals surface area contributed by atoms with Gasteiger partial charge in [0, 0.05) is 66.4 Å². The second-order valence-corrected chi connectivity index (χ2v) is 10.8. The van der Waals surface area contributed by atoms with E-state index in [-0.39, 0.29) is 25.0 Å². The van der Waals surface area contributed by atoms with Crippen molar-refractivity contribution < 1.29 is 19.1 Å². The average Bonchev–Trinajstić information content (AvgIpc) is 3.36. The number of nitrogens with zero attached hydrogens (tertiary/aromatic N) is 3. The standard InChI is InChI=1S/C28H30ClN5O4S/c1-19-17-32-28(39-19)38-23-11-14-34(15-12-23)26(36)18-31-27(37)24(16-22-4-2-3-13-30-22)33-25(35)10-7-20-5-8-21(29)9-6-20/h2-10,13,17,23-24H,11-12,14-16,18H2,1H3,(H,31,37)(H,33,35)/b10-7+/t24-/m0/s1. The molecule has 0 saturated carbocycles. The molecular weight excluding hydrogens is 538 g/mol. The lowest BCUT2D eigenvalue weighted by molar-refractivity contribution is -0.135. The summed E-state index contributed by atoms with van der Waals surface area (Å²) in [5.74, 6) is -1.08. The maximum Gasteiger partial charge on any atom is 0.273 e. The third-order valence-corrected chi connectivity index (χ3v) is 7.20. The number of aromatic nitrogens is 2. The van der Waals surface area contributed by atoms with Crippen LogP contribution in [0.3, 0.4) is 0 Å². The van der Waals surface area contributed by atoms with E-state index in [0.717, 1.165) is 10.4 Å². The van der Waals surface area contributed by atoms with Crippen molar-refractivity contribution >= 4 is 46.7 Å². The summed E-state index contributed by atoms with van der Waals surface area (Å²) >= 11 is 7.41. The molecule has 2 aromatic heterocycles. The molecule has 1 aromatic carbocycles. The quantitative estimate of drug-likeness (QED) is 0.363. The van der Waals surface area contributed by atoms with E-state index in [2.05, 4.69) is 20.6 Å². The number of amides is 3. The van der Waals surface area contributed by atoms with E-state index < -0.39 is 17.9 Å². The lowest BCUT2D eigenvalue weighted by atomic mass is 10.1. The third kappa shape index (κ3) is 8.90. The zero-order valence-corrected chi connectivity index (χ0v) is 23.1. The Morgan fingerprint density at radius 1 is 1.15 bits per heavy atom. The molecule has 1 aliphatic rings. The van der Waals surface area contributed by atoms with Gasteiger partial charge in [0.05, 0.1) is 6.54 Å². The van der Waals surface area contributed by atoms with Crippen LogP contribution in [-0.4, -0.2) is 64.4 Å². The predicted molar refractivity (Wildman–Crippen MR) is 150 cm³/mol. The van der Waals surface area contributed by atoms with Crippen molar-refractivity contribution in [1.82, 2.24) is 25.5 Å². The second-order valence-electron chi connectivity index (χ2n) is 9.12. The molecule has 3 amide bonds. The molecule has 0 radical (unpaired) electrons. The van der Waals surface area contributed by atoms with Crippen LogP contribution in [0.1, 0.15) is 29.0 Å². The van der Waals surface area contributed by atoms with Crippen LogP contribution in [-0.2, 0) is 20.8 Å². The van der Waals surface area contributed by atoms with E-state index in [1.54, 1.807) is 59.8 Å². The maximum absolute atomic E-state index is 13.1. The molecule has 0 aliphatic carbocycles. The molecule has 1 aliphatic heterocycles. The van der Waals surface area contributed by atoms with Crippen LogP contribution in [0.5, 0.6) is 5.19 Å². The average molecular weight is 568 g/mol. The van der Waals surface area contributed by atoms with Gasteiger partial charge >= 0.3 is 0 Å². The largest absolute Gasteiger partial charge is 0.467 e. The number of rotatable bonds is 10. The van der Waals surface area contributed by atoms with Gasteiger partial charge in [0.25, 0.3) is 5.19 Å². The lowest BCUT2D eigenvalue weighted by Gasteiger charge is -2.31. The van der Waals surface area contributed by atoms with Gasteiger partial charge in [0.1, 0.15) is 12.1 Å². The Bertz CT molecular complexity index is 1290. The fourth-order valence-corrected chi connectivity index (χ4v) is 4.85. The first-order chi connectivity index (χ1) is 18.9. The molecule has 0 bridgehead atoms. The van der Waals surface area contributed by atoms with Crippen molar-refractivity contribution in [3.8, 4) is 5.19 Å². The smallest absolute Gasteiger partial charge is 0.273 e. The monoisotopic (exact) mass is 567 g/mol. The molecule has 9 nitrogen and oxygen atoms in total. The molecule has 1 saturated heterocycles. The number of carbonyl (C=O) groups is 3. The molecule has 1 fully saturated rings. The number of carbonyl (C=O) groups excluding carboxylic acids is 3. The third-order valence-electron chi connectivity index (χ3n) is 6.15. The van der Waals surface area contributed by atoms with Crippen LogP contribution in [0.15, 0.2) is 60.9 Å². The first-order valence-electron chi connectivity index (χ1n) is 12.6. The summed E-state index contributed by atoms with van der Waals surface area (Å²) in [5.41, 5.74) is 1.44. The highest BCUT2D eigenvalue weighted by molar-refractivity contribution is 7.13. The zero-order valence-electron chi connectivity index (χ0n) is 21.5. The molecule has 11 heteroatoms. The molecule has 2 N–H and O–H groups in total. The molecular formula is C28H30ClN5O4S. The summed E-state index contributed by atoms with van der Waals surface area (Å²) in [7, 11) is 0. The minimum absolute atomic E-state index is 0.00748.